The molecule has 0 aliphatic rings. The quantitative estimate of drug-likeness (QED) is 0.174. The highest BCUT2D eigenvalue weighted by Gasteiger charge is 2.20. The van der Waals surface area contributed by atoms with Crippen molar-refractivity contribution in [1.29, 1.82) is 0 Å². The summed E-state index contributed by atoms with van der Waals surface area (Å²) in [4.78, 5) is 0. The van der Waals surface area contributed by atoms with Gasteiger partial charge in [-0.05, 0) is 98.4 Å². The van der Waals surface area contributed by atoms with E-state index in [9.17, 15) is 0 Å². The zero-order chi connectivity index (χ0) is 32.5. The normalized spacial score (nSPS) is 12.4. The monoisotopic (exact) mass is 656 g/mol. The lowest BCUT2D eigenvalue weighted by Crippen LogP contribution is -1.90. The van der Waals surface area contributed by atoms with Gasteiger partial charge in [0, 0.05) is 47.1 Å². The van der Waals surface area contributed by atoms with Gasteiger partial charge in [0.1, 0.15) is 16.7 Å². The van der Waals surface area contributed by atoms with Crippen LogP contribution >= 0.6 is 11.3 Å². The third-order valence-electron chi connectivity index (χ3n) is 10.5. The fraction of sp³-hybridized carbons (Fsp3) is 0. The molecule has 0 saturated carbocycles. The minimum Gasteiger partial charge on any atom is -0.460 e. The van der Waals surface area contributed by atoms with Crippen LogP contribution in [-0.4, -0.2) is 0 Å². The number of hydrogen-bond donors (Lipinski definition) is 0. The van der Waals surface area contributed by atoms with Crippen LogP contribution in [0.4, 0.5) is 0 Å². The van der Waals surface area contributed by atoms with Gasteiger partial charge in [0.15, 0.2) is 11.2 Å². The molecule has 0 fully saturated rings. The van der Waals surface area contributed by atoms with Crippen molar-refractivity contribution in [2.24, 2.45) is 0 Å². The number of furan rings is 3. The number of rotatable bonds is 2. The molecule has 12 rings (SSSR count). The first kappa shape index (κ1) is 26.6. The first-order chi connectivity index (χ1) is 24.8. The number of benzene rings is 8. The lowest BCUT2D eigenvalue weighted by atomic mass is 9.85. The van der Waals surface area contributed by atoms with E-state index in [-0.39, 0.29) is 0 Å². The predicted octanol–water partition coefficient (Wildman–Crippen LogP) is 14.2. The molecule has 3 nitrogen and oxygen atoms in total. The van der Waals surface area contributed by atoms with Crippen LogP contribution in [0.3, 0.4) is 0 Å². The summed E-state index contributed by atoms with van der Waals surface area (Å²) in [5, 5.41) is 12.8. The lowest BCUT2D eigenvalue weighted by Gasteiger charge is -2.17. The van der Waals surface area contributed by atoms with Crippen molar-refractivity contribution in [3.8, 4) is 22.3 Å². The van der Waals surface area contributed by atoms with Gasteiger partial charge < -0.3 is 13.3 Å². The van der Waals surface area contributed by atoms with Crippen LogP contribution in [0.15, 0.2) is 159 Å². The van der Waals surface area contributed by atoms with E-state index in [1.807, 2.05) is 17.4 Å². The highest BCUT2D eigenvalue weighted by molar-refractivity contribution is 7.25. The van der Waals surface area contributed by atoms with Crippen LogP contribution in [0.2, 0.25) is 0 Å². The molecule has 0 spiro atoms. The SMILES string of the molecule is c1ccc2c(c1)sc1cc3c(cc12)oc1cc(-c2c4ccccc4c(-c4ccc5oc6c(ccc7ccoc76)c5c4)c4ccccc24)ccc13. The zero-order valence-electron chi connectivity index (χ0n) is 26.5. The summed E-state index contributed by atoms with van der Waals surface area (Å²) in [6.45, 7) is 0. The zero-order valence-corrected chi connectivity index (χ0v) is 27.3. The van der Waals surface area contributed by atoms with Crippen LogP contribution in [0.1, 0.15) is 0 Å². The largest absolute Gasteiger partial charge is 0.460 e. The summed E-state index contributed by atoms with van der Waals surface area (Å²) in [6.07, 6.45) is 1.72. The average molecular weight is 657 g/mol. The predicted molar refractivity (Wildman–Crippen MR) is 210 cm³/mol. The van der Waals surface area contributed by atoms with Gasteiger partial charge in [-0.3, -0.25) is 0 Å². The van der Waals surface area contributed by atoms with Crippen LogP contribution in [0.5, 0.6) is 0 Å². The first-order valence-electron chi connectivity index (χ1n) is 16.8. The molecule has 0 aliphatic carbocycles. The van der Waals surface area contributed by atoms with E-state index in [4.69, 9.17) is 13.3 Å². The Labute approximate surface area is 288 Å². The molecule has 0 unspecified atom stereocenters. The summed E-state index contributed by atoms with van der Waals surface area (Å²) in [5.41, 5.74) is 8.98. The molecule has 4 aromatic heterocycles. The van der Waals surface area contributed by atoms with Crippen molar-refractivity contribution in [2.45, 2.75) is 0 Å². The second-order valence-corrected chi connectivity index (χ2v) is 14.3. The molecule has 0 aliphatic heterocycles. The smallest absolute Gasteiger partial charge is 0.178 e. The fourth-order valence-electron chi connectivity index (χ4n) is 8.31. The van der Waals surface area contributed by atoms with Crippen molar-refractivity contribution in [2.75, 3.05) is 0 Å². The number of fused-ring (bicyclic) bond motifs is 13. The van der Waals surface area contributed by atoms with E-state index in [0.717, 1.165) is 66.0 Å². The highest BCUT2D eigenvalue weighted by atomic mass is 32.1. The average Bonchev–Trinajstić information content (AvgIpc) is 3.94. The fourth-order valence-corrected chi connectivity index (χ4v) is 9.44. The molecule has 12 aromatic rings. The Bertz CT molecular complexity index is 3330. The molecule has 0 radical (unpaired) electrons. The van der Waals surface area contributed by atoms with Crippen molar-refractivity contribution in [1.82, 2.24) is 0 Å². The van der Waals surface area contributed by atoms with Gasteiger partial charge >= 0.3 is 0 Å². The minimum absolute atomic E-state index is 0.787. The van der Waals surface area contributed by atoms with E-state index in [1.54, 1.807) is 6.26 Å². The second kappa shape index (κ2) is 9.63. The molecule has 4 heteroatoms. The van der Waals surface area contributed by atoms with Crippen molar-refractivity contribution < 1.29 is 13.3 Å². The summed E-state index contributed by atoms with van der Waals surface area (Å²) < 4.78 is 21.4. The summed E-state index contributed by atoms with van der Waals surface area (Å²) >= 11 is 1.84. The van der Waals surface area contributed by atoms with Gasteiger partial charge in [-0.25, -0.2) is 0 Å². The summed E-state index contributed by atoms with van der Waals surface area (Å²) in [7, 11) is 0. The molecule has 4 heterocycles. The molecule has 8 aromatic carbocycles. The molecule has 232 valence electrons. The van der Waals surface area contributed by atoms with Gasteiger partial charge in [0.05, 0.1) is 6.26 Å². The van der Waals surface area contributed by atoms with Gasteiger partial charge in [0.25, 0.3) is 0 Å². The van der Waals surface area contributed by atoms with Crippen LogP contribution in [0.25, 0.3) is 119 Å². The van der Waals surface area contributed by atoms with Crippen LogP contribution in [0, 0.1) is 0 Å². The van der Waals surface area contributed by atoms with E-state index >= 15 is 0 Å². The van der Waals surface area contributed by atoms with Gasteiger partial charge in [-0.2, -0.15) is 0 Å². The molecule has 0 amide bonds. The van der Waals surface area contributed by atoms with Crippen molar-refractivity contribution in [3.05, 3.63) is 146 Å². The molecule has 0 N–H and O–H groups in total. The Hall–Kier alpha value is -6.36. The van der Waals surface area contributed by atoms with Crippen LogP contribution < -0.4 is 0 Å². The third kappa shape index (κ3) is 3.53. The van der Waals surface area contributed by atoms with Crippen molar-refractivity contribution >= 4 is 108 Å². The summed E-state index contributed by atoms with van der Waals surface area (Å²) in [5.74, 6) is 0. The maximum absolute atomic E-state index is 6.64. The second-order valence-electron chi connectivity index (χ2n) is 13.2. The molecular weight excluding hydrogens is 633 g/mol. The Kier molecular flexibility index (Phi) is 5.12. The van der Waals surface area contributed by atoms with Crippen LogP contribution in [-0.2, 0) is 0 Å². The van der Waals surface area contributed by atoms with Crippen molar-refractivity contribution in [3.63, 3.8) is 0 Å². The standard InChI is InChI=1S/C46H24O3S/c1-3-10-32-30(8-1)43(26-15-18-38-35(21-26)34-17-13-25-19-20-47-45(25)46(34)49-38)31-9-2-4-11-33(31)44(32)27-14-16-28-36-24-42-37(23-40(36)48-39(28)22-27)29-7-5-6-12-41(29)50-42/h1-24H. The highest BCUT2D eigenvalue weighted by Crippen LogP contribution is 2.46. The van der Waals surface area contributed by atoms with E-state index in [0.29, 0.717) is 0 Å². The molecule has 0 saturated heterocycles. The maximum atomic E-state index is 6.64. The third-order valence-corrected chi connectivity index (χ3v) is 11.7. The molecule has 0 bridgehead atoms. The maximum Gasteiger partial charge on any atom is 0.178 e. The topological polar surface area (TPSA) is 39.4 Å². The molecular formula is C46H24O3S. The van der Waals surface area contributed by atoms with Gasteiger partial charge in [-0.1, -0.05) is 84.9 Å². The number of thiophene rings is 1. The van der Waals surface area contributed by atoms with E-state index in [1.165, 1.54) is 52.8 Å². The van der Waals surface area contributed by atoms with E-state index in [2.05, 4.69) is 133 Å². The Morgan fingerprint density at radius 3 is 1.78 bits per heavy atom. The van der Waals surface area contributed by atoms with Gasteiger partial charge in [-0.15, -0.1) is 11.3 Å². The first-order valence-corrected chi connectivity index (χ1v) is 17.6. The molecule has 50 heavy (non-hydrogen) atoms. The Balaban J connectivity index is 1.10. The van der Waals surface area contributed by atoms with E-state index < -0.39 is 0 Å². The lowest BCUT2D eigenvalue weighted by molar-refractivity contribution is 0.600. The minimum atomic E-state index is 0.787. The Morgan fingerprint density at radius 1 is 0.360 bits per heavy atom. The number of hydrogen-bond acceptors (Lipinski definition) is 4. The molecule has 0 atom stereocenters. The van der Waals surface area contributed by atoms with Gasteiger partial charge in [0.2, 0.25) is 0 Å². The Morgan fingerprint density at radius 2 is 1.00 bits per heavy atom. The summed E-state index contributed by atoms with van der Waals surface area (Å²) in [6, 6.07) is 50.2.